The fourth-order valence-electron chi connectivity index (χ4n) is 2.62. The highest BCUT2D eigenvalue weighted by Gasteiger charge is 2.41. The topological polar surface area (TPSA) is 53.0 Å². The van der Waals surface area contributed by atoms with Crippen LogP contribution in [0, 0.1) is 0 Å². The van der Waals surface area contributed by atoms with Gasteiger partial charge in [-0.05, 0) is 19.1 Å². The summed E-state index contributed by atoms with van der Waals surface area (Å²) in [5.41, 5.74) is 0. The van der Waals surface area contributed by atoms with E-state index in [-0.39, 0.29) is 0 Å². The van der Waals surface area contributed by atoms with Gasteiger partial charge in [-0.3, -0.25) is 14.9 Å². The van der Waals surface area contributed by atoms with Crippen molar-refractivity contribution < 1.29 is 17.9 Å². The maximum absolute atomic E-state index is 12.8. The molecule has 0 amide bonds. The highest BCUT2D eigenvalue weighted by molar-refractivity contribution is 5.80. The molecule has 1 unspecified atom stereocenters. The molecule has 0 bridgehead atoms. The fraction of sp³-hybridized carbons (Fsp3) is 0.625. The zero-order valence-electron chi connectivity index (χ0n) is 14.5. The van der Waals surface area contributed by atoms with Gasteiger partial charge in [0, 0.05) is 39.4 Å². The van der Waals surface area contributed by atoms with Gasteiger partial charge in [-0.2, -0.15) is 13.2 Å². The van der Waals surface area contributed by atoms with Gasteiger partial charge in [0.05, 0.1) is 12.7 Å². The monoisotopic (exact) mass is 359 g/mol. The molecule has 0 saturated carbocycles. The fourth-order valence-corrected chi connectivity index (χ4v) is 2.62. The van der Waals surface area contributed by atoms with Crippen molar-refractivity contribution in [1.29, 1.82) is 0 Å². The van der Waals surface area contributed by atoms with E-state index in [4.69, 9.17) is 4.74 Å². The lowest BCUT2D eigenvalue weighted by molar-refractivity contribution is -0.181. The Morgan fingerprint density at radius 1 is 1.36 bits per heavy atom. The molecule has 140 valence electrons. The maximum atomic E-state index is 12.8. The van der Waals surface area contributed by atoms with Gasteiger partial charge >= 0.3 is 6.18 Å². The lowest BCUT2D eigenvalue weighted by Crippen LogP contribution is -2.57. The number of nitrogens with one attached hydrogen (secondary N) is 1. The number of halogens is 3. The Morgan fingerprint density at radius 3 is 2.64 bits per heavy atom. The van der Waals surface area contributed by atoms with E-state index in [2.05, 4.69) is 15.3 Å². The Hall–Kier alpha value is -2.03. The van der Waals surface area contributed by atoms with Crippen molar-refractivity contribution in [3.63, 3.8) is 0 Å². The Morgan fingerprint density at radius 2 is 2.08 bits per heavy atom. The van der Waals surface area contributed by atoms with Gasteiger partial charge in [0.1, 0.15) is 18.4 Å². The normalized spacial score (nSPS) is 18.1. The molecule has 1 atom stereocenters. The summed E-state index contributed by atoms with van der Waals surface area (Å²) in [7, 11) is 1.66. The number of hydrogen-bond donors (Lipinski definition) is 1. The first-order valence-electron chi connectivity index (χ1n) is 8.21. The van der Waals surface area contributed by atoms with E-state index in [0.717, 1.165) is 0 Å². The predicted molar refractivity (Wildman–Crippen MR) is 89.8 cm³/mol. The van der Waals surface area contributed by atoms with Gasteiger partial charge in [0.25, 0.3) is 0 Å². The van der Waals surface area contributed by atoms with Gasteiger partial charge in [-0.25, -0.2) is 0 Å². The minimum atomic E-state index is -4.19. The van der Waals surface area contributed by atoms with E-state index in [1.807, 2.05) is 11.0 Å². The SMILES string of the molecule is CN=C(NCCOc1cccnc1)N1CCN(C(C)C(F)(F)F)CC1. The summed E-state index contributed by atoms with van der Waals surface area (Å²) in [5, 5.41) is 3.17. The second-order valence-electron chi connectivity index (χ2n) is 5.75. The lowest BCUT2D eigenvalue weighted by atomic mass is 10.2. The molecule has 9 heteroatoms. The minimum Gasteiger partial charge on any atom is -0.490 e. The number of pyridine rings is 1. The van der Waals surface area contributed by atoms with Crippen LogP contribution in [-0.2, 0) is 0 Å². The Balaban J connectivity index is 1.73. The highest BCUT2D eigenvalue weighted by atomic mass is 19.4. The molecule has 1 aromatic heterocycles. The summed E-state index contributed by atoms with van der Waals surface area (Å²) < 4.78 is 43.9. The molecule has 0 spiro atoms. The molecule has 1 aliphatic rings. The quantitative estimate of drug-likeness (QED) is 0.492. The van der Waals surface area contributed by atoms with Gasteiger partial charge in [-0.1, -0.05) is 0 Å². The summed E-state index contributed by atoms with van der Waals surface area (Å²) in [6.07, 6.45) is -0.881. The lowest BCUT2D eigenvalue weighted by Gasteiger charge is -2.39. The van der Waals surface area contributed by atoms with Gasteiger partial charge in [-0.15, -0.1) is 0 Å². The molecule has 0 aliphatic carbocycles. The van der Waals surface area contributed by atoms with Crippen LogP contribution in [0.1, 0.15) is 6.92 Å². The largest absolute Gasteiger partial charge is 0.490 e. The second-order valence-corrected chi connectivity index (χ2v) is 5.75. The van der Waals surface area contributed by atoms with E-state index >= 15 is 0 Å². The predicted octanol–water partition coefficient (Wildman–Crippen LogP) is 1.60. The van der Waals surface area contributed by atoms with Gasteiger partial charge < -0.3 is 15.0 Å². The number of piperazine rings is 1. The van der Waals surface area contributed by atoms with Crippen LogP contribution in [0.4, 0.5) is 13.2 Å². The summed E-state index contributed by atoms with van der Waals surface area (Å²) >= 11 is 0. The number of hydrogen-bond acceptors (Lipinski definition) is 4. The molecule has 2 rings (SSSR count). The van der Waals surface area contributed by atoms with Crippen molar-refractivity contribution in [3.05, 3.63) is 24.5 Å². The van der Waals surface area contributed by atoms with Gasteiger partial charge in [0.2, 0.25) is 0 Å². The maximum Gasteiger partial charge on any atom is 0.403 e. The number of ether oxygens (including phenoxy) is 1. The standard InChI is InChI=1S/C16H24F3N5O/c1-13(16(17,18)19)23-7-9-24(10-8-23)15(20-2)22-6-11-25-14-4-3-5-21-12-14/h3-5,12-13H,6-11H2,1-2H3,(H,20,22). The number of nitrogens with zero attached hydrogens (tertiary/aromatic N) is 4. The zero-order chi connectivity index (χ0) is 18.3. The molecule has 1 aliphatic heterocycles. The summed E-state index contributed by atoms with van der Waals surface area (Å²) in [6, 6.07) is 2.20. The Bertz CT molecular complexity index is 544. The van der Waals surface area contributed by atoms with E-state index in [9.17, 15) is 13.2 Å². The number of aliphatic imine (C=N–C) groups is 1. The Labute approximate surface area is 145 Å². The molecular weight excluding hydrogens is 335 g/mol. The van der Waals surface area contributed by atoms with Crippen molar-refractivity contribution >= 4 is 5.96 Å². The van der Waals surface area contributed by atoms with Crippen molar-refractivity contribution in [2.75, 3.05) is 46.4 Å². The number of guanidine groups is 1. The number of aromatic nitrogens is 1. The molecular formula is C16H24F3N5O. The summed E-state index contributed by atoms with van der Waals surface area (Å²) in [5.74, 6) is 1.36. The summed E-state index contributed by atoms with van der Waals surface area (Å²) in [4.78, 5) is 11.6. The van der Waals surface area contributed by atoms with Crippen LogP contribution in [0.25, 0.3) is 0 Å². The molecule has 25 heavy (non-hydrogen) atoms. The minimum absolute atomic E-state index is 0.355. The van der Waals surface area contributed by atoms with Crippen LogP contribution >= 0.6 is 0 Å². The molecule has 1 N–H and O–H groups in total. The number of alkyl halides is 3. The van der Waals surface area contributed by atoms with Crippen LogP contribution in [0.5, 0.6) is 5.75 Å². The molecule has 6 nitrogen and oxygen atoms in total. The first-order chi connectivity index (χ1) is 11.9. The third-order valence-corrected chi connectivity index (χ3v) is 4.14. The zero-order valence-corrected chi connectivity index (χ0v) is 14.5. The molecule has 2 heterocycles. The second kappa shape index (κ2) is 8.89. The van der Waals surface area contributed by atoms with E-state index in [0.29, 0.717) is 51.0 Å². The van der Waals surface area contributed by atoms with Crippen molar-refractivity contribution in [2.24, 2.45) is 4.99 Å². The molecule has 1 aromatic rings. The van der Waals surface area contributed by atoms with Crippen LogP contribution in [0.3, 0.4) is 0 Å². The average Bonchev–Trinajstić information content (AvgIpc) is 2.61. The van der Waals surface area contributed by atoms with Crippen LogP contribution in [0.2, 0.25) is 0 Å². The van der Waals surface area contributed by atoms with Crippen molar-refractivity contribution in [1.82, 2.24) is 20.1 Å². The van der Waals surface area contributed by atoms with Crippen LogP contribution in [0.15, 0.2) is 29.5 Å². The van der Waals surface area contributed by atoms with E-state index < -0.39 is 12.2 Å². The Kier molecular flexibility index (Phi) is 6.86. The molecule has 1 saturated heterocycles. The van der Waals surface area contributed by atoms with Crippen LogP contribution < -0.4 is 10.1 Å². The smallest absolute Gasteiger partial charge is 0.403 e. The third kappa shape index (κ3) is 5.77. The van der Waals surface area contributed by atoms with E-state index in [1.54, 1.807) is 25.5 Å². The van der Waals surface area contributed by atoms with E-state index in [1.165, 1.54) is 11.8 Å². The number of rotatable bonds is 5. The summed E-state index contributed by atoms with van der Waals surface area (Å²) in [6.45, 7) is 3.91. The van der Waals surface area contributed by atoms with Crippen LogP contribution in [-0.4, -0.2) is 79.3 Å². The molecule has 0 radical (unpaired) electrons. The van der Waals surface area contributed by atoms with Crippen molar-refractivity contribution in [3.8, 4) is 5.75 Å². The first-order valence-corrected chi connectivity index (χ1v) is 8.21. The third-order valence-electron chi connectivity index (χ3n) is 4.14. The van der Waals surface area contributed by atoms with Gasteiger partial charge in [0.15, 0.2) is 5.96 Å². The average molecular weight is 359 g/mol. The molecule has 0 aromatic carbocycles. The molecule has 1 fully saturated rings. The highest BCUT2D eigenvalue weighted by Crippen LogP contribution is 2.25. The first kappa shape index (κ1) is 19.3. The van der Waals surface area contributed by atoms with Crippen molar-refractivity contribution in [2.45, 2.75) is 19.1 Å².